The molecular formula is C13H18F3NO2. The number of aromatic hydroxyl groups is 2. The van der Waals surface area contributed by atoms with Gasteiger partial charge in [-0.25, -0.2) is 0 Å². The second-order valence-corrected chi connectivity index (χ2v) is 4.77. The lowest BCUT2D eigenvalue weighted by molar-refractivity contribution is -0.154. The SMILES string of the molecule is CC(C)N(CC(F)(F)F)C(C)c1c(O)cccc1O. The normalized spacial score (nSPS) is 14.1. The van der Waals surface area contributed by atoms with Gasteiger partial charge in [-0.05, 0) is 32.9 Å². The molecule has 0 saturated heterocycles. The van der Waals surface area contributed by atoms with Gasteiger partial charge >= 0.3 is 6.18 Å². The fourth-order valence-electron chi connectivity index (χ4n) is 2.11. The van der Waals surface area contributed by atoms with Crippen LogP contribution in [0.4, 0.5) is 13.2 Å². The van der Waals surface area contributed by atoms with Gasteiger partial charge in [0.15, 0.2) is 0 Å². The maximum atomic E-state index is 12.6. The van der Waals surface area contributed by atoms with Crippen molar-refractivity contribution in [3.05, 3.63) is 23.8 Å². The van der Waals surface area contributed by atoms with Crippen LogP contribution >= 0.6 is 0 Å². The van der Waals surface area contributed by atoms with Crippen LogP contribution in [0.5, 0.6) is 11.5 Å². The third-order valence-electron chi connectivity index (χ3n) is 3.00. The van der Waals surface area contributed by atoms with E-state index in [9.17, 15) is 23.4 Å². The number of phenolic OH excluding ortho intramolecular Hbond substituents is 2. The Morgan fingerprint density at radius 1 is 1.11 bits per heavy atom. The fourth-order valence-corrected chi connectivity index (χ4v) is 2.11. The smallest absolute Gasteiger partial charge is 0.401 e. The van der Waals surface area contributed by atoms with Crippen molar-refractivity contribution in [2.45, 2.75) is 39.0 Å². The van der Waals surface area contributed by atoms with Gasteiger partial charge in [0.1, 0.15) is 11.5 Å². The Morgan fingerprint density at radius 3 is 1.95 bits per heavy atom. The second kappa shape index (κ2) is 5.69. The van der Waals surface area contributed by atoms with E-state index in [0.717, 1.165) is 0 Å². The largest absolute Gasteiger partial charge is 0.507 e. The van der Waals surface area contributed by atoms with Crippen LogP contribution in [-0.2, 0) is 0 Å². The van der Waals surface area contributed by atoms with E-state index < -0.39 is 18.8 Å². The van der Waals surface area contributed by atoms with Crippen molar-refractivity contribution in [2.24, 2.45) is 0 Å². The molecule has 0 spiro atoms. The summed E-state index contributed by atoms with van der Waals surface area (Å²) in [5.41, 5.74) is 0.112. The Hall–Kier alpha value is -1.43. The Labute approximate surface area is 110 Å². The molecule has 1 unspecified atom stereocenters. The van der Waals surface area contributed by atoms with E-state index in [-0.39, 0.29) is 23.1 Å². The van der Waals surface area contributed by atoms with Gasteiger partial charge in [-0.3, -0.25) is 4.90 Å². The van der Waals surface area contributed by atoms with Crippen molar-refractivity contribution in [2.75, 3.05) is 6.54 Å². The highest BCUT2D eigenvalue weighted by Gasteiger charge is 2.35. The van der Waals surface area contributed by atoms with E-state index >= 15 is 0 Å². The fraction of sp³-hybridized carbons (Fsp3) is 0.538. The van der Waals surface area contributed by atoms with E-state index in [4.69, 9.17) is 0 Å². The zero-order chi connectivity index (χ0) is 14.8. The molecule has 2 N–H and O–H groups in total. The molecule has 0 saturated carbocycles. The summed E-state index contributed by atoms with van der Waals surface area (Å²) in [6.45, 7) is 3.71. The lowest BCUT2D eigenvalue weighted by Crippen LogP contribution is -2.40. The summed E-state index contributed by atoms with van der Waals surface area (Å²) < 4.78 is 37.7. The second-order valence-electron chi connectivity index (χ2n) is 4.77. The first-order chi connectivity index (χ1) is 8.63. The summed E-state index contributed by atoms with van der Waals surface area (Å²) in [6, 6.07) is 3.00. The lowest BCUT2D eigenvalue weighted by Gasteiger charge is -2.34. The van der Waals surface area contributed by atoms with E-state index in [1.54, 1.807) is 13.8 Å². The van der Waals surface area contributed by atoms with Crippen molar-refractivity contribution in [3.8, 4) is 11.5 Å². The summed E-state index contributed by atoms with van der Waals surface area (Å²) in [5, 5.41) is 19.4. The Morgan fingerprint density at radius 2 is 1.58 bits per heavy atom. The lowest BCUT2D eigenvalue weighted by atomic mass is 10.0. The number of hydrogen-bond donors (Lipinski definition) is 2. The Kier molecular flexibility index (Phi) is 4.68. The molecule has 6 heteroatoms. The van der Waals surface area contributed by atoms with Crippen LogP contribution < -0.4 is 0 Å². The molecule has 19 heavy (non-hydrogen) atoms. The van der Waals surface area contributed by atoms with Crippen LogP contribution in [0.1, 0.15) is 32.4 Å². The van der Waals surface area contributed by atoms with Crippen LogP contribution in [0.25, 0.3) is 0 Å². The Balaban J connectivity index is 3.10. The van der Waals surface area contributed by atoms with Crippen LogP contribution in [0.2, 0.25) is 0 Å². The average Bonchev–Trinajstić information content (AvgIpc) is 2.23. The molecule has 0 fully saturated rings. The third-order valence-corrected chi connectivity index (χ3v) is 3.00. The number of hydrogen-bond acceptors (Lipinski definition) is 3. The number of halogens is 3. The predicted molar refractivity (Wildman–Crippen MR) is 66.1 cm³/mol. The van der Waals surface area contributed by atoms with Crippen molar-refractivity contribution in [3.63, 3.8) is 0 Å². The maximum absolute atomic E-state index is 12.6. The van der Waals surface area contributed by atoms with Gasteiger partial charge in [-0.2, -0.15) is 13.2 Å². The highest BCUT2D eigenvalue weighted by molar-refractivity contribution is 5.45. The van der Waals surface area contributed by atoms with Crippen molar-refractivity contribution in [1.29, 1.82) is 0 Å². The Bertz CT molecular complexity index is 412. The minimum Gasteiger partial charge on any atom is -0.507 e. The van der Waals surface area contributed by atoms with Crippen LogP contribution in [0.3, 0.4) is 0 Å². The molecular weight excluding hydrogens is 259 g/mol. The van der Waals surface area contributed by atoms with Gasteiger partial charge in [0.2, 0.25) is 0 Å². The van der Waals surface area contributed by atoms with Gasteiger partial charge in [0.25, 0.3) is 0 Å². The monoisotopic (exact) mass is 277 g/mol. The standard InChI is InChI=1S/C13H18F3NO2/c1-8(2)17(7-13(14,15)16)9(3)12-10(18)5-4-6-11(12)19/h4-6,8-9,18-19H,7H2,1-3H3. The van der Waals surface area contributed by atoms with Crippen molar-refractivity contribution >= 4 is 0 Å². The van der Waals surface area contributed by atoms with Gasteiger partial charge in [-0.15, -0.1) is 0 Å². The molecule has 0 aliphatic heterocycles. The predicted octanol–water partition coefficient (Wildman–Crippen LogP) is 3.43. The van der Waals surface area contributed by atoms with E-state index in [2.05, 4.69) is 0 Å². The molecule has 1 atom stereocenters. The van der Waals surface area contributed by atoms with Crippen molar-refractivity contribution < 1.29 is 23.4 Å². The molecule has 1 aromatic carbocycles. The molecule has 0 aliphatic carbocycles. The topological polar surface area (TPSA) is 43.7 Å². The molecule has 0 bridgehead atoms. The van der Waals surface area contributed by atoms with Gasteiger partial charge in [-0.1, -0.05) is 6.07 Å². The number of rotatable bonds is 4. The van der Waals surface area contributed by atoms with E-state index in [1.807, 2.05) is 0 Å². The van der Waals surface area contributed by atoms with Crippen LogP contribution in [0, 0.1) is 0 Å². The molecule has 0 aromatic heterocycles. The maximum Gasteiger partial charge on any atom is 0.401 e. The number of benzene rings is 1. The van der Waals surface area contributed by atoms with Gasteiger partial charge < -0.3 is 10.2 Å². The molecule has 0 aliphatic rings. The minimum atomic E-state index is -4.33. The zero-order valence-corrected chi connectivity index (χ0v) is 11.1. The third kappa shape index (κ3) is 4.02. The summed E-state index contributed by atoms with van der Waals surface area (Å²) in [5.74, 6) is -0.416. The minimum absolute atomic E-state index is 0.112. The summed E-state index contributed by atoms with van der Waals surface area (Å²) in [4.78, 5) is 1.18. The molecule has 108 valence electrons. The number of alkyl halides is 3. The zero-order valence-electron chi connectivity index (χ0n) is 11.1. The van der Waals surface area contributed by atoms with Crippen LogP contribution in [0.15, 0.2) is 18.2 Å². The first kappa shape index (κ1) is 15.6. The molecule has 0 heterocycles. The van der Waals surface area contributed by atoms with Gasteiger partial charge in [0, 0.05) is 12.1 Å². The van der Waals surface area contributed by atoms with E-state index in [0.29, 0.717) is 0 Å². The van der Waals surface area contributed by atoms with Crippen LogP contribution in [-0.4, -0.2) is 33.9 Å². The molecule has 0 amide bonds. The summed E-state index contributed by atoms with van der Waals surface area (Å²) in [6.07, 6.45) is -4.33. The highest BCUT2D eigenvalue weighted by atomic mass is 19.4. The average molecular weight is 277 g/mol. The quantitative estimate of drug-likeness (QED) is 0.886. The first-order valence-electron chi connectivity index (χ1n) is 5.97. The highest BCUT2D eigenvalue weighted by Crippen LogP contribution is 2.37. The number of phenols is 2. The molecule has 3 nitrogen and oxygen atoms in total. The first-order valence-corrected chi connectivity index (χ1v) is 5.97. The van der Waals surface area contributed by atoms with E-state index in [1.165, 1.54) is 30.0 Å². The molecule has 1 rings (SSSR count). The molecule has 1 aromatic rings. The summed E-state index contributed by atoms with van der Waals surface area (Å²) >= 11 is 0. The van der Waals surface area contributed by atoms with Gasteiger partial charge in [0.05, 0.1) is 12.1 Å². The summed E-state index contributed by atoms with van der Waals surface area (Å²) in [7, 11) is 0. The van der Waals surface area contributed by atoms with Crippen molar-refractivity contribution in [1.82, 2.24) is 4.90 Å². The number of nitrogens with zero attached hydrogens (tertiary/aromatic N) is 1. The molecule has 0 radical (unpaired) electrons.